The number of aromatic nitrogens is 1. The molecule has 1 aromatic rings. The molecule has 27 heavy (non-hydrogen) atoms. The number of pyridine rings is 1. The molecule has 0 unspecified atom stereocenters. The molecule has 0 radical (unpaired) electrons. The Morgan fingerprint density at radius 2 is 1.15 bits per heavy atom. The second-order valence-corrected chi connectivity index (χ2v) is 7.69. The first-order valence-corrected chi connectivity index (χ1v) is 11.3. The molecule has 0 fully saturated rings. The van der Waals surface area contributed by atoms with Crippen molar-refractivity contribution in [2.75, 3.05) is 0 Å². The van der Waals surface area contributed by atoms with Gasteiger partial charge in [-0.05, 0) is 12.5 Å². The third-order valence-electron chi connectivity index (χ3n) is 5.31. The Morgan fingerprint density at radius 3 is 1.59 bits per heavy atom. The lowest BCUT2D eigenvalue weighted by Crippen LogP contribution is -3.00. The van der Waals surface area contributed by atoms with Gasteiger partial charge in [0.05, 0.1) is 0 Å². The lowest BCUT2D eigenvalue weighted by atomic mass is 10.0. The van der Waals surface area contributed by atoms with Crippen molar-refractivity contribution >= 4 is 0 Å². The van der Waals surface area contributed by atoms with Gasteiger partial charge in [-0.25, -0.2) is 0 Å². The fourth-order valence-corrected chi connectivity index (χ4v) is 3.60. The second kappa shape index (κ2) is 19.7. The first kappa shape index (κ1) is 25.9. The minimum Gasteiger partial charge on any atom is -1.00 e. The van der Waals surface area contributed by atoms with Crippen LogP contribution in [0, 0.1) is 11.3 Å². The van der Waals surface area contributed by atoms with Gasteiger partial charge in [0, 0.05) is 18.6 Å². The van der Waals surface area contributed by atoms with E-state index < -0.39 is 0 Å². The maximum Gasteiger partial charge on any atom is 0.283 e. The first-order valence-electron chi connectivity index (χ1n) is 11.3. The minimum absolute atomic E-state index is 0. The summed E-state index contributed by atoms with van der Waals surface area (Å²) in [6, 6.07) is 8.10. The molecular weight excluding hydrogens is 352 g/mol. The maximum atomic E-state index is 9.08. The summed E-state index contributed by atoms with van der Waals surface area (Å²) in [7, 11) is 0. The summed E-state index contributed by atoms with van der Waals surface area (Å²) in [4.78, 5) is 0. The zero-order chi connectivity index (χ0) is 18.7. The van der Waals surface area contributed by atoms with Crippen LogP contribution < -0.4 is 17.0 Å². The van der Waals surface area contributed by atoms with E-state index in [0.717, 1.165) is 12.2 Å². The number of hydrogen-bond donors (Lipinski definition) is 0. The number of nitriles is 1. The van der Waals surface area contributed by atoms with Crippen molar-refractivity contribution in [1.82, 2.24) is 0 Å². The van der Waals surface area contributed by atoms with E-state index >= 15 is 0 Å². The third-order valence-corrected chi connectivity index (χ3v) is 5.31. The number of unbranched alkanes of at least 4 members (excludes halogenated alkanes) is 15. The number of halogens is 1. The molecule has 0 N–H and O–H groups in total. The summed E-state index contributed by atoms with van der Waals surface area (Å²) < 4.78 is 2.07. The normalized spacial score (nSPS) is 10.4. The van der Waals surface area contributed by atoms with Gasteiger partial charge in [-0.2, -0.15) is 9.83 Å². The molecule has 0 aliphatic rings. The highest BCUT2D eigenvalue weighted by molar-refractivity contribution is 5.12. The summed E-state index contributed by atoms with van der Waals surface area (Å²) >= 11 is 0. The number of hydrogen-bond acceptors (Lipinski definition) is 1. The summed E-state index contributed by atoms with van der Waals surface area (Å²) in [5, 5.41) is 9.08. The molecule has 1 aromatic heterocycles. The fourth-order valence-electron chi connectivity index (χ4n) is 3.60. The molecule has 1 rings (SSSR count). The zero-order valence-electron chi connectivity index (χ0n) is 17.6. The largest absolute Gasteiger partial charge is 1.00 e. The van der Waals surface area contributed by atoms with Crippen molar-refractivity contribution < 1.29 is 17.0 Å². The van der Waals surface area contributed by atoms with Gasteiger partial charge in [0.25, 0.3) is 5.69 Å². The number of aryl methyl sites for hydroxylation is 1. The number of rotatable bonds is 17. The van der Waals surface area contributed by atoms with Gasteiger partial charge >= 0.3 is 0 Å². The molecule has 154 valence electrons. The summed E-state index contributed by atoms with van der Waals surface area (Å²) in [5.74, 6) is 0. The highest BCUT2D eigenvalue weighted by Gasteiger charge is 2.07. The predicted octanol–water partition coefficient (Wildman–Crippen LogP) is 4.11. The molecule has 0 bridgehead atoms. The van der Waals surface area contributed by atoms with Gasteiger partial charge in [-0.1, -0.05) is 96.8 Å². The Bertz CT molecular complexity index is 482. The van der Waals surface area contributed by atoms with Crippen LogP contribution in [0.2, 0.25) is 0 Å². The number of nitrogens with zero attached hydrogens (tertiary/aromatic N) is 2. The van der Waals surface area contributed by atoms with E-state index in [1.807, 2.05) is 24.4 Å². The van der Waals surface area contributed by atoms with Crippen molar-refractivity contribution in [2.24, 2.45) is 0 Å². The van der Waals surface area contributed by atoms with Gasteiger partial charge in [-0.3, -0.25) is 0 Å². The summed E-state index contributed by atoms with van der Waals surface area (Å²) in [6.45, 7) is 3.26. The molecule has 1 heterocycles. The SMILES string of the molecule is CCCCCCCCCCCCCCCCCC[n+]1ccccc1C#N.[Cl-]. The van der Waals surface area contributed by atoms with Crippen LogP contribution in [0.4, 0.5) is 0 Å². The first-order chi connectivity index (χ1) is 12.9. The highest BCUT2D eigenvalue weighted by atomic mass is 35.5. The third kappa shape index (κ3) is 14.6. The van der Waals surface area contributed by atoms with Crippen LogP contribution in [0.5, 0.6) is 0 Å². The molecule has 0 saturated heterocycles. The predicted molar refractivity (Wildman–Crippen MR) is 111 cm³/mol. The molecule has 0 aliphatic carbocycles. The van der Waals surface area contributed by atoms with E-state index in [2.05, 4.69) is 17.6 Å². The van der Waals surface area contributed by atoms with E-state index in [0.29, 0.717) is 0 Å². The molecule has 0 amide bonds. The molecule has 0 spiro atoms. The Labute approximate surface area is 174 Å². The van der Waals surface area contributed by atoms with Crippen LogP contribution in [-0.2, 0) is 6.54 Å². The lowest BCUT2D eigenvalue weighted by molar-refractivity contribution is -0.699. The molecule has 3 heteroatoms. The van der Waals surface area contributed by atoms with Crippen molar-refractivity contribution in [1.29, 1.82) is 5.26 Å². The molecule has 0 atom stereocenters. The maximum absolute atomic E-state index is 9.08. The highest BCUT2D eigenvalue weighted by Crippen LogP contribution is 2.13. The summed E-state index contributed by atoms with van der Waals surface area (Å²) in [6.07, 6.45) is 24.4. The molecule has 2 nitrogen and oxygen atoms in total. The molecule has 0 aromatic carbocycles. The Balaban J connectivity index is 0.00000676. The minimum atomic E-state index is 0. The van der Waals surface area contributed by atoms with Crippen molar-refractivity contribution in [3.05, 3.63) is 30.1 Å². The molecule has 0 saturated carbocycles. The average molecular weight is 393 g/mol. The van der Waals surface area contributed by atoms with Gasteiger partial charge in [0.1, 0.15) is 6.54 Å². The molecular formula is C24H41ClN2. The van der Waals surface area contributed by atoms with Crippen LogP contribution in [-0.4, -0.2) is 0 Å². The van der Waals surface area contributed by atoms with Crippen molar-refractivity contribution in [3.8, 4) is 6.07 Å². The Morgan fingerprint density at radius 1 is 0.704 bits per heavy atom. The standard InChI is InChI=1S/C24H41N2.ClH/c1-2-3-4-5-6-7-8-9-10-11-12-13-14-15-16-18-21-26-22-19-17-20-24(26)23-25;/h17,19-20,22H,2-16,18,21H2,1H3;1H/q+1;/p-1. The Kier molecular flexibility index (Phi) is 18.9. The summed E-state index contributed by atoms with van der Waals surface area (Å²) in [5.41, 5.74) is 0.772. The monoisotopic (exact) mass is 392 g/mol. The fraction of sp³-hybridized carbons (Fsp3) is 0.750. The van der Waals surface area contributed by atoms with E-state index in [-0.39, 0.29) is 12.4 Å². The van der Waals surface area contributed by atoms with Crippen LogP contribution >= 0.6 is 0 Å². The van der Waals surface area contributed by atoms with Gasteiger partial charge in [0.2, 0.25) is 0 Å². The topological polar surface area (TPSA) is 27.7 Å². The van der Waals surface area contributed by atoms with Crippen molar-refractivity contribution in [3.63, 3.8) is 0 Å². The van der Waals surface area contributed by atoms with Crippen LogP contribution in [0.3, 0.4) is 0 Å². The van der Waals surface area contributed by atoms with E-state index in [4.69, 9.17) is 5.26 Å². The smallest absolute Gasteiger partial charge is 0.283 e. The quantitative estimate of drug-likeness (QED) is 0.289. The second-order valence-electron chi connectivity index (χ2n) is 7.69. The van der Waals surface area contributed by atoms with Crippen LogP contribution in [0.25, 0.3) is 0 Å². The van der Waals surface area contributed by atoms with E-state index in [9.17, 15) is 0 Å². The van der Waals surface area contributed by atoms with Gasteiger partial charge in [0.15, 0.2) is 12.3 Å². The van der Waals surface area contributed by atoms with Crippen LogP contribution in [0.1, 0.15) is 115 Å². The van der Waals surface area contributed by atoms with Gasteiger partial charge in [-0.15, -0.1) is 0 Å². The zero-order valence-corrected chi connectivity index (χ0v) is 18.4. The van der Waals surface area contributed by atoms with Gasteiger partial charge < -0.3 is 12.4 Å². The van der Waals surface area contributed by atoms with E-state index in [1.54, 1.807) is 0 Å². The van der Waals surface area contributed by atoms with Crippen LogP contribution in [0.15, 0.2) is 24.4 Å². The lowest BCUT2D eigenvalue weighted by Gasteiger charge is -2.03. The average Bonchev–Trinajstić information content (AvgIpc) is 2.68. The van der Waals surface area contributed by atoms with E-state index in [1.165, 1.54) is 103 Å². The Hall–Kier alpha value is -1.07. The molecule has 0 aliphatic heterocycles. The van der Waals surface area contributed by atoms with Crippen molar-refractivity contribution in [2.45, 2.75) is 116 Å².